The third kappa shape index (κ3) is 33.3. The van der Waals surface area contributed by atoms with Crippen molar-refractivity contribution in [2.75, 3.05) is 33.0 Å². The normalized spacial score (nSPS) is 25.6. The summed E-state index contributed by atoms with van der Waals surface area (Å²) in [5.74, 6) is -0.413. The predicted octanol–water partition coefficient (Wildman–Crippen LogP) is 9.74. The fraction of sp³-hybridized carbons (Fsp3) is 0.656. The summed E-state index contributed by atoms with van der Waals surface area (Å²) in [4.78, 5) is 13.1. The number of aliphatic hydroxyl groups excluding tert-OH is 7. The second kappa shape index (κ2) is 46.5. The highest BCUT2D eigenvalue weighted by molar-refractivity contribution is 5.69. The smallest absolute Gasteiger partial charge is 0.306 e. The van der Waals surface area contributed by atoms with Crippen molar-refractivity contribution in [2.24, 2.45) is 0 Å². The molecule has 0 aliphatic carbocycles. The van der Waals surface area contributed by atoms with Gasteiger partial charge in [-0.05, 0) is 89.9 Å². The lowest BCUT2D eigenvalue weighted by Crippen LogP contribution is -2.61. The van der Waals surface area contributed by atoms with E-state index in [4.69, 9.17) is 28.4 Å². The van der Waals surface area contributed by atoms with Gasteiger partial charge in [0.2, 0.25) is 0 Å². The Morgan fingerprint density at radius 1 is 0.440 bits per heavy atom. The summed E-state index contributed by atoms with van der Waals surface area (Å²) in [6.45, 7) is 3.20. The van der Waals surface area contributed by atoms with Gasteiger partial charge in [-0.15, -0.1) is 0 Å². The zero-order chi connectivity index (χ0) is 54.4. The number of carbonyl (C=O) groups excluding carboxylic acids is 1. The number of ether oxygens (including phenoxy) is 6. The Balaban J connectivity index is 1.74. The van der Waals surface area contributed by atoms with E-state index in [2.05, 4.69) is 129 Å². The minimum Gasteiger partial charge on any atom is -0.457 e. The van der Waals surface area contributed by atoms with Gasteiger partial charge in [-0.2, -0.15) is 0 Å². The van der Waals surface area contributed by atoms with Crippen LogP contribution in [0.15, 0.2) is 122 Å². The van der Waals surface area contributed by atoms with E-state index in [9.17, 15) is 40.5 Å². The van der Waals surface area contributed by atoms with Crippen molar-refractivity contribution >= 4 is 5.97 Å². The minimum atomic E-state index is -1.73. The maximum Gasteiger partial charge on any atom is 0.306 e. The van der Waals surface area contributed by atoms with Crippen molar-refractivity contribution in [2.45, 2.75) is 223 Å². The number of carbonyl (C=O) groups is 1. The van der Waals surface area contributed by atoms with Crippen LogP contribution in [0.2, 0.25) is 0 Å². The fourth-order valence-electron chi connectivity index (χ4n) is 8.02. The second-order valence-electron chi connectivity index (χ2n) is 19.0. The zero-order valence-electron chi connectivity index (χ0n) is 45.5. The van der Waals surface area contributed by atoms with Crippen LogP contribution in [0.3, 0.4) is 0 Å². The van der Waals surface area contributed by atoms with Crippen molar-refractivity contribution in [1.29, 1.82) is 0 Å². The van der Waals surface area contributed by atoms with E-state index < -0.39 is 86.7 Å². The maximum absolute atomic E-state index is 13.1. The molecule has 0 amide bonds. The Labute approximate surface area is 450 Å². The Kier molecular flexibility index (Phi) is 41.8. The molecule has 0 saturated carbocycles. The number of allylic oxidation sites excluding steroid dienone is 19. The molecule has 2 aliphatic heterocycles. The molecule has 7 N–H and O–H groups in total. The monoisotopic (exact) mass is 1050 g/mol. The van der Waals surface area contributed by atoms with Gasteiger partial charge in [0, 0.05) is 6.42 Å². The first-order chi connectivity index (χ1) is 36.6. The Bertz CT molecular complexity index is 1700. The average Bonchev–Trinajstić information content (AvgIpc) is 3.41. The zero-order valence-corrected chi connectivity index (χ0v) is 45.5. The number of aliphatic hydroxyl groups is 7. The lowest BCUT2D eigenvalue weighted by molar-refractivity contribution is -0.332. The number of esters is 1. The molecular formula is C61H98O14. The van der Waals surface area contributed by atoms with Crippen LogP contribution in [0.1, 0.15) is 155 Å². The summed E-state index contributed by atoms with van der Waals surface area (Å²) in [5.41, 5.74) is 0. The third-order valence-electron chi connectivity index (χ3n) is 12.5. The van der Waals surface area contributed by atoms with Crippen molar-refractivity contribution in [3.05, 3.63) is 122 Å². The number of hydrogen-bond acceptors (Lipinski definition) is 14. The van der Waals surface area contributed by atoms with Crippen LogP contribution in [0, 0.1) is 0 Å². The molecule has 0 bridgehead atoms. The molecule has 2 rings (SSSR count). The molecule has 11 unspecified atom stereocenters. The topological polar surface area (TPSA) is 214 Å². The Morgan fingerprint density at radius 2 is 0.827 bits per heavy atom. The molecule has 0 radical (unpaired) electrons. The number of rotatable bonds is 43. The summed E-state index contributed by atoms with van der Waals surface area (Å²) < 4.78 is 34.2. The molecule has 0 spiro atoms. The van der Waals surface area contributed by atoms with Crippen molar-refractivity contribution in [1.82, 2.24) is 0 Å². The van der Waals surface area contributed by atoms with Gasteiger partial charge in [0.05, 0.1) is 33.0 Å². The molecule has 11 atom stereocenters. The van der Waals surface area contributed by atoms with Crippen molar-refractivity contribution in [3.8, 4) is 0 Å². The van der Waals surface area contributed by atoms with Crippen molar-refractivity contribution < 1.29 is 69.0 Å². The highest BCUT2D eigenvalue weighted by Crippen LogP contribution is 2.26. The Morgan fingerprint density at radius 3 is 1.29 bits per heavy atom. The van der Waals surface area contributed by atoms with E-state index in [1.54, 1.807) is 0 Å². The van der Waals surface area contributed by atoms with E-state index in [1.807, 2.05) is 6.08 Å². The van der Waals surface area contributed by atoms with Crippen molar-refractivity contribution in [3.63, 3.8) is 0 Å². The molecule has 426 valence electrons. The second-order valence-corrected chi connectivity index (χ2v) is 19.0. The molecule has 75 heavy (non-hydrogen) atoms. The fourth-order valence-corrected chi connectivity index (χ4v) is 8.02. The van der Waals surface area contributed by atoms with E-state index in [0.29, 0.717) is 19.4 Å². The average molecular weight is 1060 g/mol. The van der Waals surface area contributed by atoms with Crippen LogP contribution in [-0.4, -0.2) is 142 Å². The molecule has 0 aromatic rings. The first-order valence-electron chi connectivity index (χ1n) is 28.1. The molecule has 14 nitrogen and oxygen atoms in total. The minimum absolute atomic E-state index is 0.00356. The molecular weight excluding hydrogens is 957 g/mol. The van der Waals surface area contributed by atoms with E-state index in [1.165, 1.54) is 32.1 Å². The van der Waals surface area contributed by atoms with Gasteiger partial charge < -0.3 is 64.2 Å². The van der Waals surface area contributed by atoms with E-state index >= 15 is 0 Å². The molecule has 2 aliphatic rings. The third-order valence-corrected chi connectivity index (χ3v) is 12.5. The summed E-state index contributed by atoms with van der Waals surface area (Å²) in [7, 11) is 0. The van der Waals surface area contributed by atoms with Gasteiger partial charge in [0.1, 0.15) is 54.9 Å². The van der Waals surface area contributed by atoms with Gasteiger partial charge in [0.25, 0.3) is 0 Å². The highest BCUT2D eigenvalue weighted by Gasteiger charge is 2.47. The lowest BCUT2D eigenvalue weighted by Gasteiger charge is -2.42. The standard InChI is InChI=1S/C61H98O14/c1-3-5-7-9-11-13-15-17-19-21-22-23-24-25-26-27-28-29-30-32-34-36-38-40-42-44-53(63)73-50(47-70-45-43-41-39-37-35-33-31-20-18-16-14-12-10-8-6-4-2)48-71-60-59(69)57(67)55(65)52(75-60)49-72-61-58(68)56(66)54(64)51(46-62)74-61/h5-8,11-14,17-20,22-23,25-26,33,35,39,41,50-52,54-62,64-69H,3-4,9-10,15-16,21,24,27-32,34,36-38,40,42-49H2,1-2H3/b7-5-,8-6-,13-11-,14-12-,19-17-,20-18-,23-22-,26-25-,35-33-,41-39-. The van der Waals surface area contributed by atoms with Gasteiger partial charge in [0.15, 0.2) is 12.6 Å². The number of unbranched alkanes of at least 4 members (excludes halogenated alkanes) is 9. The summed E-state index contributed by atoms with van der Waals surface area (Å²) in [6, 6.07) is 0. The van der Waals surface area contributed by atoms with Crippen LogP contribution in [0.4, 0.5) is 0 Å². The summed E-state index contributed by atoms with van der Waals surface area (Å²) >= 11 is 0. The van der Waals surface area contributed by atoms with Crippen LogP contribution >= 0.6 is 0 Å². The van der Waals surface area contributed by atoms with Gasteiger partial charge in [-0.25, -0.2) is 0 Å². The first-order valence-corrected chi connectivity index (χ1v) is 28.1. The highest BCUT2D eigenvalue weighted by atomic mass is 16.7. The SMILES string of the molecule is CC/C=C\C/C=C\C/C=C\C/C=C\C/C=C\CCCCCCCCCCCC(=O)OC(COCC/C=C\C/C=C\C/C=C\C/C=C\C/C=C\CC)COC1OC(COC2OC(CO)C(O)C(O)C2O)C(O)C(O)C1O. The van der Waals surface area contributed by atoms with Gasteiger partial charge in [-0.1, -0.05) is 180 Å². The Hall–Kier alpha value is -3.61. The summed E-state index contributed by atoms with van der Waals surface area (Å²) in [6.07, 6.45) is 48.5. The van der Waals surface area contributed by atoms with Crippen LogP contribution < -0.4 is 0 Å². The van der Waals surface area contributed by atoms with Crippen LogP contribution in [-0.2, 0) is 33.2 Å². The molecule has 0 aromatic carbocycles. The molecule has 0 aromatic heterocycles. The van der Waals surface area contributed by atoms with Gasteiger partial charge in [-0.3, -0.25) is 4.79 Å². The van der Waals surface area contributed by atoms with Crippen LogP contribution in [0.5, 0.6) is 0 Å². The maximum atomic E-state index is 13.1. The number of hydrogen-bond donors (Lipinski definition) is 7. The first kappa shape index (κ1) is 67.5. The van der Waals surface area contributed by atoms with Crippen LogP contribution in [0.25, 0.3) is 0 Å². The molecule has 2 saturated heterocycles. The van der Waals surface area contributed by atoms with Gasteiger partial charge >= 0.3 is 5.97 Å². The lowest BCUT2D eigenvalue weighted by atomic mass is 9.98. The largest absolute Gasteiger partial charge is 0.457 e. The summed E-state index contributed by atoms with van der Waals surface area (Å²) in [5, 5.41) is 72.3. The molecule has 2 fully saturated rings. The predicted molar refractivity (Wildman–Crippen MR) is 297 cm³/mol. The molecule has 2 heterocycles. The molecule has 14 heteroatoms. The quantitative estimate of drug-likeness (QED) is 0.0172. The van der Waals surface area contributed by atoms with E-state index in [0.717, 1.165) is 89.9 Å². The van der Waals surface area contributed by atoms with E-state index in [-0.39, 0.29) is 19.6 Å².